The fraction of sp³-hybridized carbons (Fsp3) is 0.250. The first-order valence-electron chi connectivity index (χ1n) is 6.47. The van der Waals surface area contributed by atoms with Crippen LogP contribution in [-0.4, -0.2) is 13.7 Å². The van der Waals surface area contributed by atoms with Crippen LogP contribution in [0.4, 0.5) is 4.39 Å². The van der Waals surface area contributed by atoms with E-state index in [-0.39, 0.29) is 18.2 Å². The Hall–Kier alpha value is -1.29. The molecule has 5 heteroatoms. The number of rotatable bonds is 6. The molecule has 0 atom stereocenters. The van der Waals surface area contributed by atoms with Gasteiger partial charge in [0.05, 0.1) is 7.11 Å². The Balaban J connectivity index is 0.00000220. The summed E-state index contributed by atoms with van der Waals surface area (Å²) in [6, 6.07) is 12.6. The Morgan fingerprint density at radius 3 is 2.48 bits per heavy atom. The van der Waals surface area contributed by atoms with Gasteiger partial charge in [-0.15, -0.1) is 0 Å². The van der Waals surface area contributed by atoms with Crippen molar-refractivity contribution in [2.75, 3.05) is 13.7 Å². The molecule has 0 aliphatic rings. The maximum Gasteiger partial charge on any atom is 0.129 e. The topological polar surface area (TPSA) is 21.3 Å². The molecule has 0 bridgehead atoms. The Bertz CT molecular complexity index is 540. The third-order valence-electron chi connectivity index (χ3n) is 3.11. The van der Waals surface area contributed by atoms with Crippen molar-refractivity contribution < 1.29 is 21.5 Å². The van der Waals surface area contributed by atoms with Crippen LogP contribution in [0.3, 0.4) is 0 Å². The summed E-state index contributed by atoms with van der Waals surface area (Å²) in [6.45, 7) is 1.19. The minimum atomic E-state index is -0.269. The molecule has 0 saturated carbocycles. The second-order valence-electron chi connectivity index (χ2n) is 4.48. The van der Waals surface area contributed by atoms with Crippen LogP contribution in [0.25, 0.3) is 0 Å². The third kappa shape index (κ3) is 5.20. The van der Waals surface area contributed by atoms with Crippen molar-refractivity contribution in [3.63, 3.8) is 0 Å². The number of hydrogen-bond acceptors (Lipinski definition) is 2. The minimum absolute atomic E-state index is 0. The van der Waals surface area contributed by atoms with Crippen LogP contribution in [-0.2, 0) is 13.0 Å². The van der Waals surface area contributed by atoms with Crippen LogP contribution < -0.4 is 22.5 Å². The van der Waals surface area contributed by atoms with E-state index >= 15 is 0 Å². The molecular weight excluding hydrogens is 312 g/mol. The number of benzene rings is 2. The van der Waals surface area contributed by atoms with E-state index in [1.165, 1.54) is 11.6 Å². The third-order valence-corrected chi connectivity index (χ3v) is 3.47. The molecule has 0 aliphatic heterocycles. The van der Waals surface area contributed by atoms with Crippen LogP contribution in [0.5, 0.6) is 5.75 Å². The van der Waals surface area contributed by atoms with Gasteiger partial charge in [-0.2, -0.15) is 0 Å². The molecule has 2 aromatic carbocycles. The lowest BCUT2D eigenvalue weighted by Crippen LogP contribution is -3.00. The summed E-state index contributed by atoms with van der Waals surface area (Å²) in [5, 5.41) is 3.66. The highest BCUT2D eigenvalue weighted by Gasteiger charge is 2.05. The summed E-state index contributed by atoms with van der Waals surface area (Å²) in [4.78, 5) is 0. The van der Waals surface area contributed by atoms with E-state index < -0.39 is 0 Å². The zero-order valence-corrected chi connectivity index (χ0v) is 13.2. The number of methoxy groups -OCH3 is 1. The highest BCUT2D eigenvalue weighted by atomic mass is 35.5. The summed E-state index contributed by atoms with van der Waals surface area (Å²) >= 11 is 5.96. The predicted octanol–water partition coefficient (Wildman–Crippen LogP) is 0.824. The average Bonchev–Trinajstić information content (AvgIpc) is 2.46. The predicted molar refractivity (Wildman–Crippen MR) is 79.8 cm³/mol. The lowest BCUT2D eigenvalue weighted by Gasteiger charge is -2.08. The van der Waals surface area contributed by atoms with Crippen molar-refractivity contribution in [1.82, 2.24) is 5.32 Å². The molecule has 2 aromatic rings. The molecule has 21 heavy (non-hydrogen) atoms. The molecule has 0 spiro atoms. The van der Waals surface area contributed by atoms with Crippen LogP contribution in [0.1, 0.15) is 11.1 Å². The quantitative estimate of drug-likeness (QED) is 0.793. The summed E-state index contributed by atoms with van der Waals surface area (Å²) in [5.74, 6) is 0.578. The van der Waals surface area contributed by atoms with Gasteiger partial charge in [0, 0.05) is 17.1 Å². The highest BCUT2D eigenvalue weighted by Crippen LogP contribution is 2.18. The van der Waals surface area contributed by atoms with E-state index in [1.54, 1.807) is 19.2 Å². The number of ether oxygens (including phenoxy) is 1. The van der Waals surface area contributed by atoms with E-state index in [0.29, 0.717) is 17.1 Å². The Morgan fingerprint density at radius 2 is 1.86 bits per heavy atom. The van der Waals surface area contributed by atoms with Crippen LogP contribution in [0.15, 0.2) is 42.5 Å². The molecule has 0 heterocycles. The van der Waals surface area contributed by atoms with Gasteiger partial charge in [0.25, 0.3) is 0 Å². The van der Waals surface area contributed by atoms with Crippen molar-refractivity contribution in [3.05, 3.63) is 64.4 Å². The smallest absolute Gasteiger partial charge is 0.129 e. The zero-order chi connectivity index (χ0) is 14.4. The Morgan fingerprint density at radius 1 is 1.14 bits per heavy atom. The SMILES string of the molecule is COc1ccc(CCNCc2c(F)cccc2Cl)cc1.[Cl-]. The molecule has 0 radical (unpaired) electrons. The molecule has 0 unspecified atom stereocenters. The van der Waals surface area contributed by atoms with E-state index in [9.17, 15) is 4.39 Å². The van der Waals surface area contributed by atoms with E-state index in [1.807, 2.05) is 24.3 Å². The Labute approximate surface area is 135 Å². The zero-order valence-electron chi connectivity index (χ0n) is 11.7. The standard InChI is InChI=1S/C16H17ClFNO.ClH/c1-20-13-7-5-12(6-8-13)9-10-19-11-14-15(17)3-2-4-16(14)18;/h2-8,19H,9-11H2,1H3;1H/p-1. The molecule has 0 aromatic heterocycles. The molecule has 1 N–H and O–H groups in total. The molecule has 0 fully saturated rings. The van der Waals surface area contributed by atoms with Gasteiger partial charge in [0.2, 0.25) is 0 Å². The Kier molecular flexibility index (Phi) is 7.51. The van der Waals surface area contributed by atoms with Crippen molar-refractivity contribution in [2.45, 2.75) is 13.0 Å². The van der Waals surface area contributed by atoms with Gasteiger partial charge in [-0.3, -0.25) is 0 Å². The summed E-state index contributed by atoms with van der Waals surface area (Å²) in [6.07, 6.45) is 0.871. The molecule has 0 aliphatic carbocycles. The maximum atomic E-state index is 13.5. The van der Waals surface area contributed by atoms with Crippen molar-refractivity contribution in [3.8, 4) is 5.75 Å². The number of halogens is 3. The number of nitrogens with one attached hydrogen (secondary N) is 1. The number of hydrogen-bond donors (Lipinski definition) is 1. The van der Waals surface area contributed by atoms with E-state index in [0.717, 1.165) is 18.7 Å². The molecule has 0 saturated heterocycles. The fourth-order valence-corrected chi connectivity index (χ4v) is 2.17. The van der Waals surface area contributed by atoms with Crippen molar-refractivity contribution >= 4 is 11.6 Å². The van der Waals surface area contributed by atoms with Gasteiger partial charge >= 0.3 is 0 Å². The van der Waals surface area contributed by atoms with Crippen LogP contribution in [0, 0.1) is 5.82 Å². The molecule has 2 rings (SSSR count). The van der Waals surface area contributed by atoms with Gasteiger partial charge in [0.15, 0.2) is 0 Å². The lowest BCUT2D eigenvalue weighted by atomic mass is 10.1. The van der Waals surface area contributed by atoms with Gasteiger partial charge in [-0.05, 0) is 42.8 Å². The normalized spacial score (nSPS) is 10.0. The maximum absolute atomic E-state index is 13.5. The van der Waals surface area contributed by atoms with E-state index in [4.69, 9.17) is 16.3 Å². The fourth-order valence-electron chi connectivity index (χ4n) is 1.94. The van der Waals surface area contributed by atoms with Crippen molar-refractivity contribution in [2.24, 2.45) is 0 Å². The first-order chi connectivity index (χ1) is 9.70. The average molecular weight is 329 g/mol. The summed E-state index contributed by atoms with van der Waals surface area (Å²) < 4.78 is 18.7. The summed E-state index contributed by atoms with van der Waals surface area (Å²) in [7, 11) is 1.65. The minimum Gasteiger partial charge on any atom is -1.00 e. The highest BCUT2D eigenvalue weighted by molar-refractivity contribution is 6.31. The molecule has 2 nitrogen and oxygen atoms in total. The van der Waals surface area contributed by atoms with Crippen LogP contribution in [0.2, 0.25) is 5.02 Å². The van der Waals surface area contributed by atoms with Gasteiger partial charge < -0.3 is 22.5 Å². The van der Waals surface area contributed by atoms with E-state index in [2.05, 4.69) is 5.32 Å². The van der Waals surface area contributed by atoms with Crippen LogP contribution >= 0.6 is 11.6 Å². The summed E-state index contributed by atoms with van der Waals surface area (Å²) in [5.41, 5.74) is 1.72. The lowest BCUT2D eigenvalue weighted by molar-refractivity contribution is -0.00000490. The second-order valence-corrected chi connectivity index (χ2v) is 4.88. The van der Waals surface area contributed by atoms with Crippen molar-refractivity contribution in [1.29, 1.82) is 0 Å². The largest absolute Gasteiger partial charge is 1.00 e. The second kappa shape index (κ2) is 8.88. The molecule has 114 valence electrons. The molecular formula is C16H17Cl2FNO-. The van der Waals surface area contributed by atoms with Gasteiger partial charge in [-0.1, -0.05) is 29.8 Å². The monoisotopic (exact) mass is 328 g/mol. The van der Waals surface area contributed by atoms with Gasteiger partial charge in [0.1, 0.15) is 11.6 Å². The first kappa shape index (κ1) is 17.8. The van der Waals surface area contributed by atoms with Gasteiger partial charge in [-0.25, -0.2) is 4.39 Å². The molecule has 0 amide bonds. The first-order valence-corrected chi connectivity index (χ1v) is 6.85.